The number of ether oxygens (including phenoxy) is 1. The number of aromatic carboxylic acids is 1. The summed E-state index contributed by atoms with van der Waals surface area (Å²) in [6.07, 6.45) is 11.3. The monoisotopic (exact) mass is 1660 g/mol. The van der Waals surface area contributed by atoms with E-state index in [1.165, 1.54) is 80.6 Å². The SMILES string of the molecule is C.C.C.CC(C)(C)OC(=O)NC[C@@H]1CC[C@H](CN)C1.CC[C@@H]1CCC(CNC(=O)c2[nH]c3ccccc3c2-c2ccc(F)cc2)C1.CC[C@@H]1CNC(CNC(=O)c2[nH]c3ccccc3c2-c2ccc(F)cc2)C1.Cl.NC[C@@H]1CNC(CNC(=O)c2[nH]c3ccccc3c2-c2ccc(F)cc2)C1.O=C(O)c1[nH]c2ccccc2c1-c1ccc(F)cc1.[HH]. The number of carbonyl (C=O) groups is 5. The molecule has 642 valence electrons. The quantitative estimate of drug-likeness (QED) is 0.0318. The Labute approximate surface area is 709 Å². The summed E-state index contributed by atoms with van der Waals surface area (Å²) in [5, 5.41) is 31.9. The number of aromatic nitrogens is 4. The molecule has 15 N–H and O–H groups in total. The molecule has 8 aromatic carbocycles. The predicted molar refractivity (Wildman–Crippen MR) is 483 cm³/mol. The fraction of sp³-hybridized carbons (Fsp3) is 0.365. The van der Waals surface area contributed by atoms with Gasteiger partial charge in [-0.15, -0.1) is 12.4 Å². The molecular weight excluding hydrogens is 1540 g/mol. The van der Waals surface area contributed by atoms with Crippen LogP contribution in [-0.2, 0) is 4.74 Å². The number of halogens is 5. The van der Waals surface area contributed by atoms with Crippen LogP contribution in [0, 0.1) is 58.8 Å². The number of nitrogens with one attached hydrogen (secondary N) is 10. The van der Waals surface area contributed by atoms with Crippen LogP contribution in [0.4, 0.5) is 22.4 Å². The van der Waals surface area contributed by atoms with Gasteiger partial charge in [0, 0.05) is 106 Å². The zero-order valence-corrected chi connectivity index (χ0v) is 67.6. The third-order valence-electron chi connectivity index (χ3n) is 22.5. The van der Waals surface area contributed by atoms with Crippen LogP contribution in [0.15, 0.2) is 194 Å². The number of carboxylic acids is 1. The summed E-state index contributed by atoms with van der Waals surface area (Å²) in [6, 6.07) is 55.9. The zero-order valence-electron chi connectivity index (χ0n) is 66.8. The molecule has 0 bridgehead atoms. The van der Waals surface area contributed by atoms with Crippen LogP contribution < -0.4 is 43.4 Å². The maximum Gasteiger partial charge on any atom is 0.407 e. The van der Waals surface area contributed by atoms with Crippen LogP contribution in [-0.4, -0.2) is 125 Å². The molecule has 4 amide bonds. The molecule has 24 heteroatoms. The Bertz CT molecular complexity index is 4950. The van der Waals surface area contributed by atoms with Crippen molar-refractivity contribution in [1.82, 2.24) is 51.8 Å². The maximum absolute atomic E-state index is 13.4. The van der Waals surface area contributed by atoms with Crippen LogP contribution in [0.3, 0.4) is 0 Å². The Morgan fingerprint density at radius 1 is 0.400 bits per heavy atom. The van der Waals surface area contributed by atoms with Gasteiger partial charge in [-0.1, -0.05) is 177 Å². The lowest BCUT2D eigenvalue weighted by Crippen LogP contribution is -2.37. The van der Waals surface area contributed by atoms with Gasteiger partial charge in [0.1, 0.15) is 51.6 Å². The summed E-state index contributed by atoms with van der Waals surface area (Å²) in [5.74, 6) is 1.10. The number of nitrogens with two attached hydrogens (primary N) is 2. The molecule has 4 aromatic heterocycles. The van der Waals surface area contributed by atoms with Crippen LogP contribution in [0.1, 0.15) is 164 Å². The van der Waals surface area contributed by atoms with Crippen molar-refractivity contribution in [3.8, 4) is 44.5 Å². The van der Waals surface area contributed by atoms with E-state index in [9.17, 15) is 46.6 Å². The zero-order chi connectivity index (χ0) is 82.0. The Morgan fingerprint density at radius 2 is 0.692 bits per heavy atom. The third-order valence-corrected chi connectivity index (χ3v) is 22.5. The Morgan fingerprint density at radius 3 is 1.00 bits per heavy atom. The van der Waals surface area contributed by atoms with E-state index in [0.717, 1.165) is 135 Å². The van der Waals surface area contributed by atoms with Gasteiger partial charge in [-0.3, -0.25) is 14.4 Å². The minimum absolute atomic E-state index is 0. The van der Waals surface area contributed by atoms with Crippen molar-refractivity contribution in [2.24, 2.45) is 47.0 Å². The van der Waals surface area contributed by atoms with E-state index in [1.54, 1.807) is 48.5 Å². The van der Waals surface area contributed by atoms with Crippen LogP contribution >= 0.6 is 12.4 Å². The minimum Gasteiger partial charge on any atom is -0.477 e. The normalized spacial score (nSPS) is 18.3. The van der Waals surface area contributed by atoms with Gasteiger partial charge in [0.2, 0.25) is 0 Å². The third kappa shape index (κ3) is 24.4. The number of H-pyrrole nitrogens is 4. The van der Waals surface area contributed by atoms with Crippen LogP contribution in [0.5, 0.6) is 0 Å². The van der Waals surface area contributed by atoms with Gasteiger partial charge in [-0.2, -0.15) is 0 Å². The molecule has 3 unspecified atom stereocenters. The molecule has 2 aliphatic heterocycles. The van der Waals surface area contributed by atoms with Crippen molar-refractivity contribution in [3.05, 3.63) is 240 Å². The molecule has 2 saturated heterocycles. The highest BCUT2D eigenvalue weighted by atomic mass is 35.5. The summed E-state index contributed by atoms with van der Waals surface area (Å²) in [7, 11) is 0. The van der Waals surface area contributed by atoms with Gasteiger partial charge in [0.05, 0.1) is 0 Å². The first-order valence-corrected chi connectivity index (χ1v) is 40.4. The van der Waals surface area contributed by atoms with E-state index in [0.29, 0.717) is 96.6 Å². The average molecular weight is 1670 g/mol. The predicted octanol–water partition coefficient (Wildman–Crippen LogP) is 20.4. The molecule has 16 rings (SSSR count). The highest BCUT2D eigenvalue weighted by Crippen LogP contribution is 2.39. The number of rotatable bonds is 20. The first-order chi connectivity index (χ1) is 56.0. The first-order valence-electron chi connectivity index (χ1n) is 40.4. The molecule has 120 heavy (non-hydrogen) atoms. The average Bonchev–Trinajstić information content (AvgIpc) is 1.65. The van der Waals surface area contributed by atoms with Crippen molar-refractivity contribution in [1.29, 1.82) is 0 Å². The number of amides is 4. The van der Waals surface area contributed by atoms with Crippen LogP contribution in [0.2, 0.25) is 0 Å². The van der Waals surface area contributed by atoms with Crippen molar-refractivity contribution >= 4 is 85.8 Å². The Hall–Kier alpha value is -11.1. The molecule has 2 saturated carbocycles. The Kier molecular flexibility index (Phi) is 34.8. The molecule has 4 fully saturated rings. The number of para-hydroxylation sites is 4. The second-order valence-electron chi connectivity index (χ2n) is 31.8. The fourth-order valence-corrected chi connectivity index (χ4v) is 16.3. The highest BCUT2D eigenvalue weighted by molar-refractivity contribution is 6.12. The van der Waals surface area contributed by atoms with Gasteiger partial charge in [-0.05, 0) is 222 Å². The van der Waals surface area contributed by atoms with Crippen molar-refractivity contribution in [2.75, 3.05) is 52.4 Å². The fourth-order valence-electron chi connectivity index (χ4n) is 16.3. The lowest BCUT2D eigenvalue weighted by Gasteiger charge is -2.20. The number of hydrogen-bond donors (Lipinski definition) is 13. The van der Waals surface area contributed by atoms with E-state index in [1.807, 2.05) is 118 Å². The lowest BCUT2D eigenvalue weighted by atomic mass is 10.0. The molecule has 12 aromatic rings. The van der Waals surface area contributed by atoms with Gasteiger partial charge >= 0.3 is 12.1 Å². The van der Waals surface area contributed by atoms with E-state index in [4.69, 9.17) is 16.2 Å². The molecule has 2 aliphatic carbocycles. The minimum atomic E-state index is -1.03. The molecule has 0 radical (unpaired) electrons. The van der Waals surface area contributed by atoms with Gasteiger partial charge in [0.15, 0.2) is 0 Å². The first kappa shape index (κ1) is 94.4. The topological polar surface area (TPSA) is 302 Å². The Balaban J connectivity index is 0.000000209. The van der Waals surface area contributed by atoms with Crippen molar-refractivity contribution < 1.29 is 52.8 Å². The molecule has 19 nitrogen and oxygen atoms in total. The van der Waals surface area contributed by atoms with Crippen LogP contribution in [0.25, 0.3) is 88.1 Å². The summed E-state index contributed by atoms with van der Waals surface area (Å²) < 4.78 is 58.2. The molecule has 8 atom stereocenters. The second-order valence-corrected chi connectivity index (χ2v) is 31.8. The molecule has 4 aliphatic rings. The number of aromatic amines is 4. The second kappa shape index (κ2) is 44.3. The van der Waals surface area contributed by atoms with E-state index in [-0.39, 0.29) is 94.9 Å². The number of benzene rings is 8. The standard InChI is InChI=1S/C23H25FN2O.C22H24FN3O.C21H23FN4O.C15H10FNO2.C12H24N2O2.3CH4.ClH.H2/c1-2-15-7-8-16(13-15)14-25-23(27)22-21(17-9-11-18(24)12-10-17)19-5-3-4-6-20(19)26-22;1-2-14-11-17(24-12-14)13-25-22(27)21-20(15-7-9-16(23)10-8-15)18-5-3-4-6-19(18)26-21;22-15-7-5-14(6-8-15)19-17-3-1-2-4-18(17)26-20(19)21(27)25-12-16-9-13(10-23)11-24-16;16-10-7-5-9(6-8-10)13-11-3-1-2-4-12(11)17-14(13)15(18)19;1-12(2,3)16-11(15)14-8-10-5-4-9(6-10)7-13;;;;;/h3-6,9-12,15-16,26H,2,7-8,13-14H2,1H3,(H,25,27);3-10,14,17,24,26H,2,11-13H2,1H3,(H,25,27);1-8,13,16,24,26H,9-12,23H2,(H,25,27);1-8,17H,(H,18,19);9-10H,4-8,13H2,1-3H3,(H,14,15);3*1H4;2*1H/t15-,16?;14-,17?;13-,16?;;9-,10+;;;;;/m101.0...../s1. The summed E-state index contributed by atoms with van der Waals surface area (Å²) in [5.41, 5.74) is 22.2. The highest BCUT2D eigenvalue weighted by Gasteiger charge is 2.31. The largest absolute Gasteiger partial charge is 0.477 e. The van der Waals surface area contributed by atoms with E-state index in [2.05, 4.69) is 65.7 Å². The molecule has 0 spiro atoms. The molecular formula is C96H121ClF4N12O7. The lowest BCUT2D eigenvalue weighted by molar-refractivity contribution is 0.0518. The number of alkyl carbamates (subject to hydrolysis) is 1. The number of hydrogen-bond acceptors (Lipinski definition) is 10. The van der Waals surface area contributed by atoms with Crippen molar-refractivity contribution in [3.63, 3.8) is 0 Å². The van der Waals surface area contributed by atoms with Gasteiger partial charge < -0.3 is 73.1 Å². The van der Waals surface area contributed by atoms with Crippen molar-refractivity contribution in [2.45, 2.75) is 139 Å². The number of carboxylic acid groups (broad SMARTS) is 1. The van der Waals surface area contributed by atoms with Gasteiger partial charge in [-0.25, -0.2) is 27.2 Å². The van der Waals surface area contributed by atoms with Gasteiger partial charge in [0.25, 0.3) is 17.7 Å². The smallest absolute Gasteiger partial charge is 0.407 e. The number of fused-ring (bicyclic) bond motifs is 4. The summed E-state index contributed by atoms with van der Waals surface area (Å²) in [6.45, 7) is 16.0. The van der Waals surface area contributed by atoms with E-state index < -0.39 is 11.6 Å². The maximum atomic E-state index is 13.4. The summed E-state index contributed by atoms with van der Waals surface area (Å²) >= 11 is 0. The van der Waals surface area contributed by atoms with E-state index >= 15 is 0 Å². The number of carbonyl (C=O) groups excluding carboxylic acids is 4. The molecule has 6 heterocycles. The summed E-state index contributed by atoms with van der Waals surface area (Å²) in [4.78, 5) is 74.2.